The quantitative estimate of drug-likeness (QED) is 0.427. The average molecular weight is 314 g/mol. The van der Waals surface area contributed by atoms with Gasteiger partial charge in [-0.1, -0.05) is 24.3 Å². The van der Waals surface area contributed by atoms with E-state index < -0.39 is 0 Å². The van der Waals surface area contributed by atoms with Crippen LogP contribution in [0, 0.1) is 0 Å². The topological polar surface area (TPSA) is 65.5 Å². The van der Waals surface area contributed by atoms with Crippen LogP contribution in [0.15, 0.2) is 41.4 Å². The monoisotopic (exact) mass is 314 g/mol. The predicted molar refractivity (Wildman–Crippen MR) is 94.8 cm³/mol. The Bertz CT molecular complexity index is 572. The van der Waals surface area contributed by atoms with Crippen LogP contribution in [0.1, 0.15) is 35.7 Å². The molecule has 0 aromatic heterocycles. The number of guanidine groups is 1. The van der Waals surface area contributed by atoms with Crippen LogP contribution < -0.4 is 16.0 Å². The van der Waals surface area contributed by atoms with Gasteiger partial charge in [0.05, 0.1) is 0 Å². The zero-order valence-corrected chi connectivity index (χ0v) is 13.9. The first-order valence-corrected chi connectivity index (χ1v) is 8.23. The summed E-state index contributed by atoms with van der Waals surface area (Å²) in [7, 11) is 1.64. The molecule has 5 heteroatoms. The smallest absolute Gasteiger partial charge is 0.251 e. The molecule has 0 saturated heterocycles. The molecule has 1 aromatic rings. The van der Waals surface area contributed by atoms with E-state index >= 15 is 0 Å². The molecule has 0 fully saturated rings. The first-order chi connectivity index (χ1) is 11.2. The number of hydrogen-bond acceptors (Lipinski definition) is 2. The van der Waals surface area contributed by atoms with E-state index in [0.29, 0.717) is 18.2 Å². The van der Waals surface area contributed by atoms with Crippen molar-refractivity contribution in [2.45, 2.75) is 32.2 Å². The zero-order chi connectivity index (χ0) is 16.5. The summed E-state index contributed by atoms with van der Waals surface area (Å²) in [4.78, 5) is 16.3. The van der Waals surface area contributed by atoms with Crippen molar-refractivity contribution in [1.29, 1.82) is 0 Å². The van der Waals surface area contributed by atoms with Crippen LogP contribution in [0.2, 0.25) is 0 Å². The molecule has 3 N–H and O–H groups in total. The van der Waals surface area contributed by atoms with Gasteiger partial charge in [0.2, 0.25) is 0 Å². The van der Waals surface area contributed by atoms with E-state index in [-0.39, 0.29) is 5.91 Å². The van der Waals surface area contributed by atoms with E-state index in [9.17, 15) is 4.79 Å². The van der Waals surface area contributed by atoms with Crippen LogP contribution in [0.25, 0.3) is 0 Å². The van der Waals surface area contributed by atoms with Crippen LogP contribution >= 0.6 is 0 Å². The van der Waals surface area contributed by atoms with E-state index in [1.54, 1.807) is 7.05 Å². The van der Waals surface area contributed by atoms with Crippen molar-refractivity contribution in [3.05, 3.63) is 47.5 Å². The summed E-state index contributed by atoms with van der Waals surface area (Å²) in [5.74, 6) is 0.808. The van der Waals surface area contributed by atoms with E-state index in [0.717, 1.165) is 37.3 Å². The van der Waals surface area contributed by atoms with Gasteiger partial charge in [-0.3, -0.25) is 9.79 Å². The van der Waals surface area contributed by atoms with Gasteiger partial charge in [0.1, 0.15) is 0 Å². The lowest BCUT2D eigenvalue weighted by Gasteiger charge is -2.16. The zero-order valence-electron chi connectivity index (χ0n) is 13.9. The second-order valence-corrected chi connectivity index (χ2v) is 5.57. The van der Waals surface area contributed by atoms with Crippen molar-refractivity contribution in [1.82, 2.24) is 16.0 Å². The summed E-state index contributed by atoms with van der Waals surface area (Å²) in [5, 5.41) is 9.38. The molecule has 0 radical (unpaired) electrons. The maximum Gasteiger partial charge on any atom is 0.251 e. The molecule has 0 heterocycles. The molecule has 1 aliphatic rings. The molecule has 0 aliphatic heterocycles. The largest absolute Gasteiger partial charge is 0.357 e. The number of carbonyl (C=O) groups excluding carboxylic acids is 1. The Morgan fingerprint density at radius 3 is 2.78 bits per heavy atom. The van der Waals surface area contributed by atoms with Crippen molar-refractivity contribution in [2.24, 2.45) is 4.99 Å². The fourth-order valence-corrected chi connectivity index (χ4v) is 2.56. The molecule has 5 nitrogen and oxygen atoms in total. The van der Waals surface area contributed by atoms with Crippen molar-refractivity contribution in [3.63, 3.8) is 0 Å². The maximum atomic E-state index is 11.7. The Morgan fingerprint density at radius 1 is 1.30 bits per heavy atom. The van der Waals surface area contributed by atoms with Crippen molar-refractivity contribution in [3.8, 4) is 0 Å². The number of aliphatic imine (C=N–C) groups is 1. The van der Waals surface area contributed by atoms with Gasteiger partial charge in [0.25, 0.3) is 5.91 Å². The highest BCUT2D eigenvalue weighted by atomic mass is 16.1. The Kier molecular flexibility index (Phi) is 6.66. The van der Waals surface area contributed by atoms with Crippen LogP contribution in [-0.4, -0.2) is 38.0 Å². The Morgan fingerprint density at radius 2 is 2.09 bits per heavy atom. The van der Waals surface area contributed by atoms with Crippen LogP contribution in [0.4, 0.5) is 0 Å². The van der Waals surface area contributed by atoms with E-state index in [1.807, 2.05) is 24.3 Å². The van der Waals surface area contributed by atoms with Gasteiger partial charge >= 0.3 is 0 Å². The van der Waals surface area contributed by atoms with Gasteiger partial charge in [0, 0.05) is 31.7 Å². The van der Waals surface area contributed by atoms with Gasteiger partial charge in [-0.15, -0.1) is 0 Å². The summed E-state index contributed by atoms with van der Waals surface area (Å²) in [6, 6.07) is 8.14. The molecule has 0 spiro atoms. The third-order valence-electron chi connectivity index (χ3n) is 3.78. The average Bonchev–Trinajstić information content (AvgIpc) is 3.07. The highest BCUT2D eigenvalue weighted by Gasteiger charge is 2.11. The summed E-state index contributed by atoms with van der Waals surface area (Å²) in [6.07, 6.45) is 7.32. The maximum absolute atomic E-state index is 11.7. The Hall–Kier alpha value is -2.30. The molecule has 2 rings (SSSR count). The lowest BCUT2D eigenvalue weighted by atomic mass is 10.1. The molecular weight excluding hydrogens is 288 g/mol. The number of nitrogens with one attached hydrogen (secondary N) is 3. The number of nitrogens with zero attached hydrogens (tertiary/aromatic N) is 1. The van der Waals surface area contributed by atoms with E-state index in [1.165, 1.54) is 0 Å². The standard InChI is InChI=1S/C18H26N4O/c1-3-20-18(22-16-9-4-5-10-16)21-12-11-14-7-6-8-15(13-14)17(23)19-2/h4-8,13,16H,3,9-12H2,1-2H3,(H,19,23)(H2,20,21,22). The molecule has 1 aromatic carbocycles. The van der Waals surface area contributed by atoms with Gasteiger partial charge in [-0.05, 0) is 43.9 Å². The minimum atomic E-state index is -0.0564. The molecule has 1 aliphatic carbocycles. The van der Waals surface area contributed by atoms with Crippen molar-refractivity contribution in [2.75, 3.05) is 20.1 Å². The fraction of sp³-hybridized carbons (Fsp3) is 0.444. The summed E-state index contributed by atoms with van der Waals surface area (Å²) in [5.41, 5.74) is 1.81. The van der Waals surface area contributed by atoms with Gasteiger partial charge in [-0.2, -0.15) is 0 Å². The number of rotatable bonds is 6. The first kappa shape index (κ1) is 17.1. The lowest BCUT2D eigenvalue weighted by molar-refractivity contribution is 0.0963. The fourth-order valence-electron chi connectivity index (χ4n) is 2.56. The molecule has 23 heavy (non-hydrogen) atoms. The number of amides is 1. The number of benzene rings is 1. The van der Waals surface area contributed by atoms with Gasteiger partial charge < -0.3 is 16.0 Å². The molecule has 0 unspecified atom stereocenters. The highest BCUT2D eigenvalue weighted by Crippen LogP contribution is 2.09. The number of hydrogen-bond donors (Lipinski definition) is 3. The van der Waals surface area contributed by atoms with Gasteiger partial charge in [0.15, 0.2) is 5.96 Å². The van der Waals surface area contributed by atoms with Gasteiger partial charge in [-0.25, -0.2) is 0 Å². The normalized spacial score (nSPS) is 14.8. The second kappa shape index (κ2) is 8.98. The lowest BCUT2D eigenvalue weighted by Crippen LogP contribution is -2.42. The molecule has 0 saturated carbocycles. The van der Waals surface area contributed by atoms with Crippen LogP contribution in [-0.2, 0) is 6.42 Å². The molecule has 124 valence electrons. The molecule has 0 atom stereocenters. The number of carbonyl (C=O) groups is 1. The first-order valence-electron chi connectivity index (χ1n) is 8.23. The van der Waals surface area contributed by atoms with E-state index in [2.05, 4.69) is 40.0 Å². The Labute approximate surface area is 138 Å². The van der Waals surface area contributed by atoms with Crippen molar-refractivity contribution < 1.29 is 4.79 Å². The summed E-state index contributed by atoms with van der Waals surface area (Å²) in [6.45, 7) is 3.60. The third-order valence-corrected chi connectivity index (χ3v) is 3.78. The molecule has 0 bridgehead atoms. The summed E-state index contributed by atoms with van der Waals surface area (Å²) < 4.78 is 0. The molecule has 1 amide bonds. The van der Waals surface area contributed by atoms with Crippen molar-refractivity contribution >= 4 is 11.9 Å². The second-order valence-electron chi connectivity index (χ2n) is 5.57. The SMILES string of the molecule is CCNC(=NCCc1cccc(C(=O)NC)c1)NC1CC=CC1. The molecular formula is C18H26N4O. The summed E-state index contributed by atoms with van der Waals surface area (Å²) >= 11 is 0. The minimum Gasteiger partial charge on any atom is -0.357 e. The Balaban J connectivity index is 1.90. The highest BCUT2D eigenvalue weighted by molar-refractivity contribution is 5.94. The minimum absolute atomic E-state index is 0.0564. The third kappa shape index (κ3) is 5.43. The van der Waals surface area contributed by atoms with Crippen LogP contribution in [0.3, 0.4) is 0 Å². The predicted octanol–water partition coefficient (Wildman–Crippen LogP) is 1.86. The van der Waals surface area contributed by atoms with Crippen LogP contribution in [0.5, 0.6) is 0 Å². The van der Waals surface area contributed by atoms with E-state index in [4.69, 9.17) is 0 Å².